The number of hydrogen-bond acceptors (Lipinski definition) is 2. The molecule has 0 bridgehead atoms. The molecular weight excluding hydrogens is 110 g/mol. The molecule has 3 heteroatoms. The van der Waals surface area contributed by atoms with Gasteiger partial charge < -0.3 is 10.4 Å². The molecule has 0 aliphatic rings. The van der Waals surface area contributed by atoms with Crippen LogP contribution in [0.15, 0.2) is 12.3 Å². The van der Waals surface area contributed by atoms with Crippen LogP contribution in [0, 0.1) is 0 Å². The lowest BCUT2D eigenvalue weighted by Crippen LogP contribution is -1.93. The van der Waals surface area contributed by atoms with Crippen LogP contribution < -0.4 is 5.32 Å². The lowest BCUT2D eigenvalue weighted by Gasteiger charge is -1.81. The zero-order chi connectivity index (χ0) is 5.70. The van der Waals surface area contributed by atoms with Gasteiger partial charge in [0.05, 0.1) is 0 Å². The van der Waals surface area contributed by atoms with Crippen molar-refractivity contribution in [1.82, 2.24) is 5.32 Å². The second-order valence-electron chi connectivity index (χ2n) is 0.960. The van der Waals surface area contributed by atoms with Crippen molar-refractivity contribution in [3.8, 4) is 0 Å². The Hall–Kier alpha value is -0.570. The van der Waals surface area contributed by atoms with E-state index in [1.54, 1.807) is 13.2 Å². The first-order valence-corrected chi connectivity index (χ1v) is 2.25. The van der Waals surface area contributed by atoms with E-state index < -0.39 is 0 Å². The molecule has 2 nitrogen and oxygen atoms in total. The van der Waals surface area contributed by atoms with E-state index in [2.05, 4.69) is 17.5 Å². The fourth-order valence-electron chi connectivity index (χ4n) is 0.155. The third-order valence-electron chi connectivity index (χ3n) is 0.393. The predicted molar refractivity (Wildman–Crippen MR) is 33.4 cm³/mol. The van der Waals surface area contributed by atoms with E-state index >= 15 is 0 Å². The Kier molecular flexibility index (Phi) is 3.32. The van der Waals surface area contributed by atoms with Crippen molar-refractivity contribution in [3.63, 3.8) is 0 Å². The molecule has 0 saturated carbocycles. The largest absolute Gasteiger partial charge is 0.499 e. The smallest absolute Gasteiger partial charge is 0.182 e. The molecule has 40 valence electrons. The normalized spacial score (nSPS) is 9.29. The summed E-state index contributed by atoms with van der Waals surface area (Å²) in [5.74, 6) is 0. The van der Waals surface area contributed by atoms with Gasteiger partial charge in [0.25, 0.3) is 0 Å². The molecule has 0 aromatic heterocycles. The van der Waals surface area contributed by atoms with Gasteiger partial charge in [0.1, 0.15) is 0 Å². The molecular formula is C4H7NOS. The summed E-state index contributed by atoms with van der Waals surface area (Å²) >= 11 is 4.29. The van der Waals surface area contributed by atoms with Gasteiger partial charge in [0, 0.05) is 19.3 Å². The third-order valence-corrected chi connectivity index (χ3v) is 0.529. The minimum Gasteiger partial charge on any atom is -0.499 e. The zero-order valence-electron chi connectivity index (χ0n) is 4.01. The van der Waals surface area contributed by atoms with Gasteiger partial charge in [-0.15, -0.1) is 0 Å². The molecule has 0 unspecified atom stereocenters. The van der Waals surface area contributed by atoms with Crippen molar-refractivity contribution >= 4 is 17.3 Å². The van der Waals surface area contributed by atoms with Crippen molar-refractivity contribution < 1.29 is 5.11 Å². The lowest BCUT2D eigenvalue weighted by atomic mass is 10.6. The fourth-order valence-corrected chi connectivity index (χ4v) is 0.223. The van der Waals surface area contributed by atoms with Crippen molar-refractivity contribution in [2.75, 3.05) is 7.05 Å². The highest BCUT2D eigenvalue weighted by Crippen LogP contribution is 1.69. The standard InChI is InChI=1S/C4H7NOS/c1-5-3-2-4(6)7/h2-3,5H,1H3,(H,6,7). The maximum absolute atomic E-state index is 8.29. The number of nitrogens with one attached hydrogen (secondary N) is 1. The van der Waals surface area contributed by atoms with Crippen LogP contribution >= 0.6 is 12.2 Å². The molecule has 7 heavy (non-hydrogen) atoms. The van der Waals surface area contributed by atoms with Crippen molar-refractivity contribution in [2.45, 2.75) is 0 Å². The summed E-state index contributed by atoms with van der Waals surface area (Å²) < 4.78 is 0. The zero-order valence-corrected chi connectivity index (χ0v) is 4.83. The Labute approximate surface area is 47.8 Å². The highest BCUT2D eigenvalue weighted by molar-refractivity contribution is 7.80. The van der Waals surface area contributed by atoms with E-state index in [0.29, 0.717) is 0 Å². The van der Waals surface area contributed by atoms with Gasteiger partial charge in [-0.2, -0.15) is 0 Å². The van der Waals surface area contributed by atoms with Gasteiger partial charge in [0.2, 0.25) is 0 Å². The SMILES string of the molecule is CNC=CC(O)=S. The molecule has 0 spiro atoms. The molecule has 0 radical (unpaired) electrons. The van der Waals surface area contributed by atoms with Gasteiger partial charge >= 0.3 is 0 Å². The summed E-state index contributed by atoms with van der Waals surface area (Å²) in [6.45, 7) is 0. The maximum Gasteiger partial charge on any atom is 0.182 e. The van der Waals surface area contributed by atoms with E-state index in [1.807, 2.05) is 0 Å². The first kappa shape index (κ1) is 6.43. The minimum absolute atomic E-state index is 0.102. The molecule has 2 N–H and O–H groups in total. The average Bonchev–Trinajstić information content (AvgIpc) is 1.61. The van der Waals surface area contributed by atoms with Crippen molar-refractivity contribution in [2.24, 2.45) is 0 Å². The van der Waals surface area contributed by atoms with Crippen LogP contribution in [0.25, 0.3) is 0 Å². The van der Waals surface area contributed by atoms with Gasteiger partial charge in [0.15, 0.2) is 5.05 Å². The van der Waals surface area contributed by atoms with Crippen molar-refractivity contribution in [3.05, 3.63) is 12.3 Å². The molecule has 0 aliphatic carbocycles. The quantitative estimate of drug-likeness (QED) is 0.410. The Morgan fingerprint density at radius 1 is 1.86 bits per heavy atom. The summed E-state index contributed by atoms with van der Waals surface area (Å²) in [5, 5.41) is 10.9. The van der Waals surface area contributed by atoms with E-state index in [-0.39, 0.29) is 5.05 Å². The monoisotopic (exact) mass is 117 g/mol. The average molecular weight is 117 g/mol. The number of hydrogen-bond donors (Lipinski definition) is 2. The number of aliphatic hydroxyl groups excluding tert-OH is 1. The van der Waals surface area contributed by atoms with Crippen molar-refractivity contribution in [1.29, 1.82) is 0 Å². The Balaban J connectivity index is 3.26. The van der Waals surface area contributed by atoms with E-state index in [9.17, 15) is 0 Å². The summed E-state index contributed by atoms with van der Waals surface area (Å²) in [4.78, 5) is 0. The van der Waals surface area contributed by atoms with Gasteiger partial charge in [-0.05, 0) is 12.2 Å². The molecule has 0 rings (SSSR count). The van der Waals surface area contributed by atoms with E-state index in [4.69, 9.17) is 5.11 Å². The number of aliphatic hydroxyl groups is 1. The highest BCUT2D eigenvalue weighted by atomic mass is 32.1. The molecule has 0 saturated heterocycles. The van der Waals surface area contributed by atoms with E-state index in [1.165, 1.54) is 6.08 Å². The molecule has 0 heterocycles. The Morgan fingerprint density at radius 2 is 2.43 bits per heavy atom. The van der Waals surface area contributed by atoms with Crippen LogP contribution in [-0.2, 0) is 0 Å². The van der Waals surface area contributed by atoms with Crippen LogP contribution in [0.1, 0.15) is 0 Å². The molecule has 0 amide bonds. The fraction of sp³-hybridized carbons (Fsp3) is 0.250. The summed E-state index contributed by atoms with van der Waals surface area (Å²) in [7, 11) is 1.73. The molecule has 0 aliphatic heterocycles. The summed E-state index contributed by atoms with van der Waals surface area (Å²) in [5.41, 5.74) is 0. The molecule has 0 fully saturated rings. The number of thiocarbonyl (C=S) groups is 1. The van der Waals surface area contributed by atoms with Gasteiger partial charge in [-0.3, -0.25) is 0 Å². The van der Waals surface area contributed by atoms with Gasteiger partial charge in [-0.1, -0.05) is 0 Å². The van der Waals surface area contributed by atoms with Crippen LogP contribution in [0.3, 0.4) is 0 Å². The third kappa shape index (κ3) is 5.43. The molecule has 0 atom stereocenters. The summed E-state index contributed by atoms with van der Waals surface area (Å²) in [6.07, 6.45) is 2.96. The molecule has 0 aromatic carbocycles. The van der Waals surface area contributed by atoms with Crippen LogP contribution in [0.2, 0.25) is 0 Å². The lowest BCUT2D eigenvalue weighted by molar-refractivity contribution is 0.573. The molecule has 0 aromatic rings. The first-order valence-electron chi connectivity index (χ1n) is 1.84. The predicted octanol–water partition coefficient (Wildman–Crippen LogP) is 0.605. The van der Waals surface area contributed by atoms with Crippen LogP contribution in [0.5, 0.6) is 0 Å². The van der Waals surface area contributed by atoms with Crippen LogP contribution in [-0.4, -0.2) is 17.2 Å². The minimum atomic E-state index is -0.102. The highest BCUT2D eigenvalue weighted by Gasteiger charge is 1.72. The second-order valence-corrected chi connectivity index (χ2v) is 1.38. The van der Waals surface area contributed by atoms with Crippen LogP contribution in [0.4, 0.5) is 0 Å². The first-order chi connectivity index (χ1) is 3.27. The summed E-state index contributed by atoms with van der Waals surface area (Å²) in [6, 6.07) is 0. The second kappa shape index (κ2) is 3.61. The maximum atomic E-state index is 8.29. The Morgan fingerprint density at radius 3 is 2.57 bits per heavy atom. The topological polar surface area (TPSA) is 32.3 Å². The Bertz CT molecular complexity index is 89.7. The van der Waals surface area contributed by atoms with Gasteiger partial charge in [-0.25, -0.2) is 0 Å². The van der Waals surface area contributed by atoms with E-state index in [0.717, 1.165) is 0 Å². The number of rotatable bonds is 2.